The first-order valence-corrected chi connectivity index (χ1v) is 6.87. The SMILES string of the molecule is CCOc1nc(N)nc(NC(C)c2ccc(C)s2)n1. The predicted molar refractivity (Wildman–Crippen MR) is 76.5 cm³/mol. The number of rotatable bonds is 5. The van der Waals surface area contributed by atoms with Gasteiger partial charge in [0, 0.05) is 9.75 Å². The molecular formula is C12H17N5OS. The zero-order valence-corrected chi connectivity index (χ0v) is 12.0. The molecule has 6 nitrogen and oxygen atoms in total. The molecule has 3 N–H and O–H groups in total. The molecule has 0 fully saturated rings. The maximum atomic E-state index is 5.63. The molecule has 2 heterocycles. The summed E-state index contributed by atoms with van der Waals surface area (Å²) in [6.07, 6.45) is 0. The van der Waals surface area contributed by atoms with Gasteiger partial charge in [-0.15, -0.1) is 11.3 Å². The predicted octanol–water partition coefficient (Wildman–Crippen LogP) is 2.40. The molecule has 2 rings (SSSR count). The quantitative estimate of drug-likeness (QED) is 0.874. The van der Waals surface area contributed by atoms with Crippen molar-refractivity contribution in [3.63, 3.8) is 0 Å². The number of nitrogens with two attached hydrogens (primary N) is 1. The van der Waals surface area contributed by atoms with Crippen molar-refractivity contribution in [2.75, 3.05) is 17.7 Å². The monoisotopic (exact) mass is 279 g/mol. The molecule has 0 aliphatic carbocycles. The number of nitrogens with zero attached hydrogens (tertiary/aromatic N) is 3. The second-order valence-electron chi connectivity index (χ2n) is 4.05. The van der Waals surface area contributed by atoms with Crippen LogP contribution in [0.1, 0.15) is 29.6 Å². The van der Waals surface area contributed by atoms with Gasteiger partial charge in [0.25, 0.3) is 0 Å². The minimum atomic E-state index is 0.106. The smallest absolute Gasteiger partial charge is 0.323 e. The average Bonchev–Trinajstić information content (AvgIpc) is 2.75. The Labute approximate surface area is 116 Å². The lowest BCUT2D eigenvalue weighted by Crippen LogP contribution is -2.11. The van der Waals surface area contributed by atoms with Gasteiger partial charge >= 0.3 is 6.01 Å². The van der Waals surface area contributed by atoms with Gasteiger partial charge in [0.15, 0.2) is 0 Å². The second-order valence-corrected chi connectivity index (χ2v) is 5.37. The average molecular weight is 279 g/mol. The van der Waals surface area contributed by atoms with E-state index in [1.807, 2.05) is 13.8 Å². The Kier molecular flexibility index (Phi) is 4.16. The van der Waals surface area contributed by atoms with Crippen LogP contribution in [0.25, 0.3) is 0 Å². The normalized spacial score (nSPS) is 12.2. The lowest BCUT2D eigenvalue weighted by atomic mass is 10.3. The van der Waals surface area contributed by atoms with E-state index >= 15 is 0 Å². The van der Waals surface area contributed by atoms with Crippen LogP contribution >= 0.6 is 11.3 Å². The summed E-state index contributed by atoms with van der Waals surface area (Å²) in [6, 6.07) is 4.53. The van der Waals surface area contributed by atoms with Gasteiger partial charge < -0.3 is 15.8 Å². The fourth-order valence-electron chi connectivity index (χ4n) is 1.58. The Bertz CT molecular complexity index is 557. The van der Waals surface area contributed by atoms with Gasteiger partial charge in [-0.25, -0.2) is 0 Å². The number of nitrogens with one attached hydrogen (secondary N) is 1. The summed E-state index contributed by atoms with van der Waals surface area (Å²) in [5.41, 5.74) is 5.63. The van der Waals surface area contributed by atoms with E-state index in [9.17, 15) is 0 Å². The minimum Gasteiger partial charge on any atom is -0.464 e. The van der Waals surface area contributed by atoms with Crippen molar-refractivity contribution in [3.8, 4) is 6.01 Å². The van der Waals surface area contributed by atoms with Gasteiger partial charge in [-0.1, -0.05) is 0 Å². The van der Waals surface area contributed by atoms with Gasteiger partial charge in [0.1, 0.15) is 0 Å². The Morgan fingerprint density at radius 3 is 2.79 bits per heavy atom. The standard InChI is InChI=1S/C12H17N5OS/c1-4-18-12-16-10(13)15-11(17-12)14-8(3)9-6-5-7(2)19-9/h5-6,8H,4H2,1-3H3,(H3,13,14,15,16,17). The molecule has 19 heavy (non-hydrogen) atoms. The lowest BCUT2D eigenvalue weighted by Gasteiger charge is -2.12. The van der Waals surface area contributed by atoms with Crippen molar-refractivity contribution < 1.29 is 4.74 Å². The van der Waals surface area contributed by atoms with Gasteiger partial charge in [-0.3, -0.25) is 0 Å². The van der Waals surface area contributed by atoms with Gasteiger partial charge in [0.05, 0.1) is 12.6 Å². The molecule has 7 heteroatoms. The van der Waals surface area contributed by atoms with Gasteiger partial charge in [-0.05, 0) is 32.9 Å². The first-order valence-electron chi connectivity index (χ1n) is 6.05. The van der Waals surface area contributed by atoms with Crippen LogP contribution in [0.2, 0.25) is 0 Å². The number of anilines is 2. The maximum Gasteiger partial charge on any atom is 0.323 e. The highest BCUT2D eigenvalue weighted by atomic mass is 32.1. The molecule has 0 aliphatic rings. The van der Waals surface area contributed by atoms with E-state index < -0.39 is 0 Å². The highest BCUT2D eigenvalue weighted by Crippen LogP contribution is 2.25. The first-order chi connectivity index (χ1) is 9.08. The zero-order valence-electron chi connectivity index (χ0n) is 11.2. The Morgan fingerprint density at radius 2 is 2.16 bits per heavy atom. The van der Waals surface area contributed by atoms with Crippen LogP contribution in [0.4, 0.5) is 11.9 Å². The van der Waals surface area contributed by atoms with Crippen molar-refractivity contribution in [2.24, 2.45) is 0 Å². The fraction of sp³-hybridized carbons (Fsp3) is 0.417. The number of aromatic nitrogens is 3. The lowest BCUT2D eigenvalue weighted by molar-refractivity contribution is 0.312. The second kappa shape index (κ2) is 5.83. The number of nitrogen functional groups attached to an aromatic ring is 1. The molecule has 0 radical (unpaired) electrons. The molecule has 0 amide bonds. The van der Waals surface area contributed by atoms with Crippen LogP contribution in [0.15, 0.2) is 12.1 Å². The zero-order chi connectivity index (χ0) is 13.8. The largest absolute Gasteiger partial charge is 0.464 e. The van der Waals surface area contributed by atoms with E-state index in [0.717, 1.165) is 0 Å². The molecule has 0 aliphatic heterocycles. The third-order valence-electron chi connectivity index (χ3n) is 2.44. The van der Waals surface area contributed by atoms with E-state index in [1.165, 1.54) is 9.75 Å². The van der Waals surface area contributed by atoms with Crippen LogP contribution in [-0.2, 0) is 0 Å². The number of aryl methyl sites for hydroxylation is 1. The topological polar surface area (TPSA) is 86.0 Å². The molecule has 0 bridgehead atoms. The van der Waals surface area contributed by atoms with E-state index in [1.54, 1.807) is 11.3 Å². The molecule has 102 valence electrons. The molecule has 0 aromatic carbocycles. The van der Waals surface area contributed by atoms with E-state index in [4.69, 9.17) is 10.5 Å². The van der Waals surface area contributed by atoms with Crippen LogP contribution in [-0.4, -0.2) is 21.6 Å². The summed E-state index contributed by atoms with van der Waals surface area (Å²) in [7, 11) is 0. The third-order valence-corrected chi connectivity index (χ3v) is 3.62. The van der Waals surface area contributed by atoms with Gasteiger partial charge in [0.2, 0.25) is 11.9 Å². The molecular weight excluding hydrogens is 262 g/mol. The van der Waals surface area contributed by atoms with E-state index in [0.29, 0.717) is 12.6 Å². The Balaban J connectivity index is 2.14. The van der Waals surface area contributed by atoms with Crippen LogP contribution in [0.3, 0.4) is 0 Å². The molecule has 1 unspecified atom stereocenters. The van der Waals surface area contributed by atoms with Crippen molar-refractivity contribution in [1.82, 2.24) is 15.0 Å². The molecule has 2 aromatic rings. The van der Waals surface area contributed by atoms with E-state index in [2.05, 4.69) is 39.3 Å². The summed E-state index contributed by atoms with van der Waals surface area (Å²) >= 11 is 1.74. The highest BCUT2D eigenvalue weighted by Gasteiger charge is 2.11. The van der Waals surface area contributed by atoms with Crippen molar-refractivity contribution >= 4 is 23.2 Å². The minimum absolute atomic E-state index is 0.106. The number of hydrogen-bond acceptors (Lipinski definition) is 7. The highest BCUT2D eigenvalue weighted by molar-refractivity contribution is 7.12. The first kappa shape index (κ1) is 13.5. The number of ether oxygens (including phenoxy) is 1. The summed E-state index contributed by atoms with van der Waals surface area (Å²) in [4.78, 5) is 14.6. The van der Waals surface area contributed by atoms with Gasteiger partial charge in [-0.2, -0.15) is 15.0 Å². The van der Waals surface area contributed by atoms with Crippen molar-refractivity contribution in [1.29, 1.82) is 0 Å². The Hall–Kier alpha value is -1.89. The molecule has 0 saturated heterocycles. The summed E-state index contributed by atoms with van der Waals surface area (Å²) < 4.78 is 5.24. The Morgan fingerprint density at radius 1 is 1.37 bits per heavy atom. The number of thiophene rings is 1. The van der Waals surface area contributed by atoms with Crippen LogP contribution < -0.4 is 15.8 Å². The number of hydrogen-bond donors (Lipinski definition) is 2. The van der Waals surface area contributed by atoms with E-state index in [-0.39, 0.29) is 18.0 Å². The summed E-state index contributed by atoms with van der Waals surface area (Å²) in [5, 5.41) is 3.20. The van der Waals surface area contributed by atoms with Crippen molar-refractivity contribution in [2.45, 2.75) is 26.8 Å². The maximum absolute atomic E-state index is 5.63. The fourth-order valence-corrected chi connectivity index (χ4v) is 2.46. The van der Waals surface area contributed by atoms with Crippen LogP contribution in [0.5, 0.6) is 6.01 Å². The molecule has 0 spiro atoms. The third kappa shape index (κ3) is 3.54. The summed E-state index contributed by atoms with van der Waals surface area (Å²) in [6.45, 7) is 6.48. The van der Waals surface area contributed by atoms with Crippen LogP contribution in [0, 0.1) is 6.92 Å². The molecule has 0 saturated carbocycles. The van der Waals surface area contributed by atoms with Crippen molar-refractivity contribution in [3.05, 3.63) is 21.9 Å². The summed E-state index contributed by atoms with van der Waals surface area (Å²) in [5.74, 6) is 0.574. The molecule has 2 aromatic heterocycles. The molecule has 1 atom stereocenters.